The Labute approximate surface area is 203 Å². The maximum atomic E-state index is 13.0. The van der Waals surface area contributed by atoms with Crippen LogP contribution in [0, 0.1) is 0 Å². The van der Waals surface area contributed by atoms with Crippen molar-refractivity contribution < 1.29 is 18.0 Å². The minimum Gasteiger partial charge on any atom is -0.381 e. The lowest BCUT2D eigenvalue weighted by Gasteiger charge is -2.30. The van der Waals surface area contributed by atoms with Crippen LogP contribution in [0.2, 0.25) is 0 Å². The summed E-state index contributed by atoms with van der Waals surface area (Å²) in [4.78, 5) is 16.0. The number of fused-ring (bicyclic) bond motifs is 1. The zero-order valence-electron chi connectivity index (χ0n) is 19.8. The van der Waals surface area contributed by atoms with Crippen molar-refractivity contribution in [3.8, 4) is 11.1 Å². The van der Waals surface area contributed by atoms with E-state index in [4.69, 9.17) is 0 Å². The van der Waals surface area contributed by atoms with Crippen molar-refractivity contribution in [3.05, 3.63) is 95.6 Å². The summed E-state index contributed by atoms with van der Waals surface area (Å²) in [6.07, 6.45) is -2.39. The zero-order chi connectivity index (χ0) is 25.2. The van der Waals surface area contributed by atoms with E-state index in [2.05, 4.69) is 36.2 Å². The van der Waals surface area contributed by atoms with E-state index in [0.29, 0.717) is 31.6 Å². The number of nitrogens with zero attached hydrogens (tertiary/aromatic N) is 2. The van der Waals surface area contributed by atoms with Gasteiger partial charge in [-0.05, 0) is 76.7 Å². The summed E-state index contributed by atoms with van der Waals surface area (Å²) in [6, 6.07) is 17.4. The predicted molar refractivity (Wildman–Crippen MR) is 134 cm³/mol. The number of amides is 1. The highest BCUT2D eigenvalue weighted by Crippen LogP contribution is 2.35. The molecule has 4 nitrogen and oxygen atoms in total. The number of hydrogen-bond acceptors (Lipinski definition) is 3. The largest absolute Gasteiger partial charge is 0.416 e. The number of alkyl halides is 3. The number of anilines is 2. The smallest absolute Gasteiger partial charge is 0.381 e. The molecule has 0 saturated carbocycles. The summed E-state index contributed by atoms with van der Waals surface area (Å²) in [5.74, 6) is -0.133. The van der Waals surface area contributed by atoms with Gasteiger partial charge in [0.05, 0.1) is 5.56 Å². The van der Waals surface area contributed by atoms with E-state index in [1.54, 1.807) is 4.90 Å². The van der Waals surface area contributed by atoms with Gasteiger partial charge in [-0.15, -0.1) is 0 Å². The van der Waals surface area contributed by atoms with Gasteiger partial charge in [-0.2, -0.15) is 13.2 Å². The fourth-order valence-electron chi connectivity index (χ4n) is 4.30. The number of carbonyl (C=O) groups is 1. The molecule has 0 spiro atoms. The normalized spacial score (nSPS) is 13.2. The molecule has 0 atom stereocenters. The van der Waals surface area contributed by atoms with Crippen molar-refractivity contribution in [2.45, 2.75) is 25.7 Å². The van der Waals surface area contributed by atoms with E-state index in [1.807, 2.05) is 31.1 Å². The van der Waals surface area contributed by atoms with Gasteiger partial charge in [0, 0.05) is 45.1 Å². The molecule has 3 aromatic carbocycles. The molecule has 1 aliphatic rings. The van der Waals surface area contributed by atoms with Crippen molar-refractivity contribution in [1.29, 1.82) is 0 Å². The fourth-order valence-corrected chi connectivity index (χ4v) is 4.30. The Balaban J connectivity index is 1.66. The van der Waals surface area contributed by atoms with Crippen LogP contribution in [0.25, 0.3) is 11.1 Å². The van der Waals surface area contributed by atoms with Gasteiger partial charge in [-0.25, -0.2) is 0 Å². The first-order valence-corrected chi connectivity index (χ1v) is 11.4. The molecule has 1 heterocycles. The number of halogens is 3. The highest BCUT2D eigenvalue weighted by Gasteiger charge is 2.30. The van der Waals surface area contributed by atoms with Crippen molar-refractivity contribution >= 4 is 17.3 Å². The fraction of sp³-hybridized carbons (Fsp3) is 0.250. The topological polar surface area (TPSA) is 35.6 Å². The Bertz CT molecular complexity index is 1220. The number of nitrogens with one attached hydrogen (secondary N) is 1. The second-order valence-electron chi connectivity index (χ2n) is 8.86. The van der Waals surface area contributed by atoms with Crippen LogP contribution in [-0.4, -0.2) is 31.4 Å². The second kappa shape index (κ2) is 9.86. The molecule has 0 unspecified atom stereocenters. The van der Waals surface area contributed by atoms with E-state index in [-0.39, 0.29) is 5.91 Å². The summed E-state index contributed by atoms with van der Waals surface area (Å²) >= 11 is 0. The second-order valence-corrected chi connectivity index (χ2v) is 8.86. The Morgan fingerprint density at radius 1 is 1.06 bits per heavy atom. The molecule has 1 amide bonds. The quantitative estimate of drug-likeness (QED) is 0.433. The van der Waals surface area contributed by atoms with E-state index in [0.717, 1.165) is 45.8 Å². The summed E-state index contributed by atoms with van der Waals surface area (Å²) < 4.78 is 39.1. The molecule has 4 rings (SSSR count). The Morgan fingerprint density at radius 2 is 1.74 bits per heavy atom. The first kappa shape index (κ1) is 24.4. The molecule has 0 fully saturated rings. The lowest BCUT2D eigenvalue weighted by molar-refractivity contribution is -0.137. The van der Waals surface area contributed by atoms with Crippen LogP contribution >= 0.6 is 0 Å². The van der Waals surface area contributed by atoms with E-state index in [9.17, 15) is 18.0 Å². The SMILES string of the molecule is C=CC(=O)N1CCc2c(cc(-c3ccc(C(F)(F)F)cc3)cc2NCc2ccc(N(C)C)cc2)C1. The molecule has 3 aromatic rings. The first-order valence-electron chi connectivity index (χ1n) is 11.4. The molecular formula is C28H28F3N3O. The van der Waals surface area contributed by atoms with Gasteiger partial charge in [0.2, 0.25) is 5.91 Å². The average molecular weight is 480 g/mol. The lowest BCUT2D eigenvalue weighted by Crippen LogP contribution is -2.35. The van der Waals surface area contributed by atoms with Crippen molar-refractivity contribution in [2.24, 2.45) is 0 Å². The molecule has 0 saturated heterocycles. The third-order valence-corrected chi connectivity index (χ3v) is 6.30. The van der Waals surface area contributed by atoms with Gasteiger partial charge in [0.1, 0.15) is 0 Å². The average Bonchev–Trinajstić information content (AvgIpc) is 2.86. The van der Waals surface area contributed by atoms with Crippen LogP contribution in [0.15, 0.2) is 73.3 Å². The molecule has 0 bridgehead atoms. The lowest BCUT2D eigenvalue weighted by atomic mass is 9.92. The molecule has 1 aliphatic heterocycles. The van der Waals surface area contributed by atoms with Gasteiger partial charge in [0.15, 0.2) is 0 Å². The third kappa shape index (κ3) is 5.50. The van der Waals surface area contributed by atoms with E-state index in [1.165, 1.54) is 18.2 Å². The van der Waals surface area contributed by atoms with Crippen LogP contribution in [0.5, 0.6) is 0 Å². The minimum atomic E-state index is -4.38. The number of carbonyl (C=O) groups excluding carboxylic acids is 1. The van der Waals surface area contributed by atoms with Crippen molar-refractivity contribution in [3.63, 3.8) is 0 Å². The summed E-state index contributed by atoms with van der Waals surface area (Å²) in [5, 5.41) is 3.52. The Kier molecular flexibility index (Phi) is 6.87. The Hall–Kier alpha value is -3.74. The maximum absolute atomic E-state index is 13.0. The predicted octanol–water partition coefficient (Wildman–Crippen LogP) is 6.12. The Morgan fingerprint density at radius 3 is 2.34 bits per heavy atom. The van der Waals surface area contributed by atoms with Gasteiger partial charge in [-0.1, -0.05) is 30.8 Å². The standard InChI is InChI=1S/C28H28F3N3O/c1-4-27(35)34-14-13-25-22(18-34)15-21(20-7-9-23(10-8-20)28(29,30)31)16-26(25)32-17-19-5-11-24(12-6-19)33(2)3/h4-12,15-16,32H,1,13-14,17-18H2,2-3H3. The zero-order valence-corrected chi connectivity index (χ0v) is 19.8. The molecule has 0 aromatic heterocycles. The minimum absolute atomic E-state index is 0.133. The van der Waals surface area contributed by atoms with Crippen LogP contribution in [0.1, 0.15) is 22.3 Å². The van der Waals surface area contributed by atoms with Crippen LogP contribution in [0.4, 0.5) is 24.5 Å². The highest BCUT2D eigenvalue weighted by molar-refractivity contribution is 5.87. The number of benzene rings is 3. The summed E-state index contributed by atoms with van der Waals surface area (Å²) in [6.45, 7) is 5.21. The van der Waals surface area contributed by atoms with Crippen molar-refractivity contribution in [2.75, 3.05) is 30.9 Å². The van der Waals surface area contributed by atoms with Crippen molar-refractivity contribution in [1.82, 2.24) is 4.90 Å². The first-order chi connectivity index (χ1) is 16.7. The van der Waals surface area contributed by atoms with Crippen LogP contribution in [0.3, 0.4) is 0 Å². The van der Waals surface area contributed by atoms with Gasteiger partial charge in [-0.3, -0.25) is 4.79 Å². The molecule has 0 aliphatic carbocycles. The van der Waals surface area contributed by atoms with Crippen LogP contribution in [-0.2, 0) is 30.5 Å². The maximum Gasteiger partial charge on any atom is 0.416 e. The number of hydrogen-bond donors (Lipinski definition) is 1. The molecule has 7 heteroatoms. The molecular weight excluding hydrogens is 451 g/mol. The monoisotopic (exact) mass is 479 g/mol. The third-order valence-electron chi connectivity index (χ3n) is 6.30. The van der Waals surface area contributed by atoms with Gasteiger partial charge >= 0.3 is 6.18 Å². The number of rotatable bonds is 6. The molecule has 1 N–H and O–H groups in total. The molecule has 35 heavy (non-hydrogen) atoms. The van der Waals surface area contributed by atoms with Gasteiger partial charge < -0.3 is 15.1 Å². The van der Waals surface area contributed by atoms with E-state index >= 15 is 0 Å². The summed E-state index contributed by atoms with van der Waals surface area (Å²) in [5.41, 5.74) is 6.07. The highest BCUT2D eigenvalue weighted by atomic mass is 19.4. The summed E-state index contributed by atoms with van der Waals surface area (Å²) in [7, 11) is 3.99. The molecule has 182 valence electrons. The van der Waals surface area contributed by atoms with Gasteiger partial charge in [0.25, 0.3) is 0 Å². The van der Waals surface area contributed by atoms with Crippen LogP contribution < -0.4 is 10.2 Å². The van der Waals surface area contributed by atoms with E-state index < -0.39 is 11.7 Å². The molecule has 0 radical (unpaired) electrons.